The number of nitrogens with two attached hydrogens (primary N) is 1. The molecule has 14 heavy (non-hydrogen) atoms. The number of amides is 1. The molecule has 5 nitrogen and oxygen atoms in total. The smallest absolute Gasteiger partial charge is 0.221 e. The molecule has 1 amide bonds. The normalized spacial score (nSPS) is 10.1. The van der Waals surface area contributed by atoms with Crippen molar-refractivity contribution in [1.29, 1.82) is 0 Å². The van der Waals surface area contributed by atoms with Crippen LogP contribution in [-0.4, -0.2) is 22.2 Å². The van der Waals surface area contributed by atoms with Crippen LogP contribution in [0.4, 0.5) is 5.69 Å². The van der Waals surface area contributed by atoms with Gasteiger partial charge >= 0.3 is 0 Å². The van der Waals surface area contributed by atoms with Crippen molar-refractivity contribution in [2.45, 2.75) is 26.8 Å². The topological polar surface area (TPSA) is 72.9 Å². The number of aromatic nitrogens is 2. The molecule has 1 rings (SSSR count). The monoisotopic (exact) mass is 196 g/mol. The second-order valence-corrected chi connectivity index (χ2v) is 3.14. The first-order chi connectivity index (χ1) is 6.63. The molecule has 3 N–H and O–H groups in total. The summed E-state index contributed by atoms with van der Waals surface area (Å²) in [4.78, 5) is 11.1. The molecule has 0 aliphatic carbocycles. The van der Waals surface area contributed by atoms with Gasteiger partial charge in [0.1, 0.15) is 0 Å². The molecule has 0 aromatic carbocycles. The number of nitrogens with zero attached hydrogens (tertiary/aromatic N) is 2. The van der Waals surface area contributed by atoms with Crippen molar-refractivity contribution in [1.82, 2.24) is 15.1 Å². The number of aryl methyl sites for hydroxylation is 2. The highest BCUT2D eigenvalue weighted by Gasteiger charge is 2.03. The van der Waals surface area contributed by atoms with Crippen molar-refractivity contribution >= 4 is 11.6 Å². The molecular weight excluding hydrogens is 180 g/mol. The third-order valence-corrected chi connectivity index (χ3v) is 1.93. The lowest BCUT2D eigenvalue weighted by atomic mass is 10.4. The summed E-state index contributed by atoms with van der Waals surface area (Å²) in [6, 6.07) is 0. The van der Waals surface area contributed by atoms with Crippen LogP contribution >= 0.6 is 0 Å². The van der Waals surface area contributed by atoms with Crippen molar-refractivity contribution in [2.24, 2.45) is 0 Å². The maximum atomic E-state index is 11.1. The van der Waals surface area contributed by atoms with E-state index in [9.17, 15) is 4.79 Å². The number of hydrogen-bond acceptors (Lipinski definition) is 3. The van der Waals surface area contributed by atoms with Crippen molar-refractivity contribution in [3.05, 3.63) is 11.9 Å². The number of nitrogens with one attached hydrogen (secondary N) is 1. The Kier molecular flexibility index (Phi) is 3.50. The Hall–Kier alpha value is -1.52. The van der Waals surface area contributed by atoms with E-state index in [1.54, 1.807) is 10.9 Å². The van der Waals surface area contributed by atoms with Crippen LogP contribution in [0.1, 0.15) is 19.0 Å². The van der Waals surface area contributed by atoms with Gasteiger partial charge in [0.25, 0.3) is 0 Å². The molecule has 78 valence electrons. The van der Waals surface area contributed by atoms with Crippen LogP contribution in [0.5, 0.6) is 0 Å². The van der Waals surface area contributed by atoms with E-state index in [0.717, 1.165) is 5.69 Å². The molecule has 0 spiro atoms. The molecule has 0 radical (unpaired) electrons. The van der Waals surface area contributed by atoms with Gasteiger partial charge in [-0.15, -0.1) is 0 Å². The maximum Gasteiger partial charge on any atom is 0.221 e. The minimum absolute atomic E-state index is 0.0409. The van der Waals surface area contributed by atoms with Crippen LogP contribution < -0.4 is 11.1 Å². The van der Waals surface area contributed by atoms with E-state index in [1.165, 1.54) is 0 Å². The van der Waals surface area contributed by atoms with Crippen molar-refractivity contribution in [2.75, 3.05) is 12.3 Å². The number of anilines is 1. The second-order valence-electron chi connectivity index (χ2n) is 3.14. The summed E-state index contributed by atoms with van der Waals surface area (Å²) < 4.78 is 1.69. The van der Waals surface area contributed by atoms with Crippen LogP contribution in [0.2, 0.25) is 0 Å². The summed E-state index contributed by atoms with van der Waals surface area (Å²) in [5, 5.41) is 6.88. The molecule has 0 saturated carbocycles. The Bertz CT molecular complexity index is 299. The van der Waals surface area contributed by atoms with E-state index in [2.05, 4.69) is 10.4 Å². The highest BCUT2D eigenvalue weighted by molar-refractivity contribution is 5.75. The van der Waals surface area contributed by atoms with Crippen molar-refractivity contribution in [3.63, 3.8) is 0 Å². The summed E-state index contributed by atoms with van der Waals surface area (Å²) >= 11 is 0. The largest absolute Gasteiger partial charge is 0.396 e. The molecule has 0 unspecified atom stereocenters. The Labute approximate surface area is 83.3 Å². The van der Waals surface area contributed by atoms with Crippen molar-refractivity contribution < 1.29 is 4.79 Å². The van der Waals surface area contributed by atoms with Gasteiger partial charge in [0.05, 0.1) is 11.4 Å². The first kappa shape index (κ1) is 10.6. The summed E-state index contributed by atoms with van der Waals surface area (Å²) in [5.74, 6) is 0.0409. The Balaban J connectivity index is 2.42. The predicted octanol–water partition coefficient (Wildman–Crippen LogP) is 0.300. The van der Waals surface area contributed by atoms with Crippen molar-refractivity contribution in [3.8, 4) is 0 Å². The minimum Gasteiger partial charge on any atom is -0.396 e. The lowest BCUT2D eigenvalue weighted by Crippen LogP contribution is -2.23. The molecule has 1 aromatic rings. The zero-order valence-electron chi connectivity index (χ0n) is 8.58. The lowest BCUT2D eigenvalue weighted by Gasteiger charge is -2.01. The van der Waals surface area contributed by atoms with Crippen LogP contribution in [0.25, 0.3) is 0 Å². The average Bonchev–Trinajstić information content (AvgIpc) is 2.44. The quantitative estimate of drug-likeness (QED) is 0.727. The molecule has 0 aliphatic heterocycles. The maximum absolute atomic E-state index is 11.1. The number of carbonyl (C=O) groups is 1. The summed E-state index contributed by atoms with van der Waals surface area (Å²) in [7, 11) is 0. The van der Waals surface area contributed by atoms with Gasteiger partial charge in [-0.2, -0.15) is 5.10 Å². The fourth-order valence-corrected chi connectivity index (χ4v) is 1.15. The molecule has 0 aliphatic rings. The predicted molar refractivity (Wildman–Crippen MR) is 54.7 cm³/mol. The second kappa shape index (κ2) is 4.64. The zero-order chi connectivity index (χ0) is 10.6. The van der Waals surface area contributed by atoms with Gasteiger partial charge in [0, 0.05) is 25.7 Å². The number of nitrogen functional groups attached to an aromatic ring is 1. The van der Waals surface area contributed by atoms with Gasteiger partial charge in [-0.25, -0.2) is 0 Å². The molecule has 1 heterocycles. The molecule has 1 aromatic heterocycles. The van der Waals surface area contributed by atoms with Crippen LogP contribution in [0, 0.1) is 6.92 Å². The van der Waals surface area contributed by atoms with Crippen LogP contribution in [-0.2, 0) is 11.3 Å². The van der Waals surface area contributed by atoms with Gasteiger partial charge in [0.2, 0.25) is 5.91 Å². The third-order valence-electron chi connectivity index (χ3n) is 1.93. The Morgan fingerprint density at radius 3 is 2.93 bits per heavy atom. The van der Waals surface area contributed by atoms with Gasteiger partial charge in [-0.05, 0) is 13.8 Å². The van der Waals surface area contributed by atoms with E-state index in [1.807, 2.05) is 13.8 Å². The molecule has 0 atom stereocenters. The molecule has 0 bridgehead atoms. The van der Waals surface area contributed by atoms with E-state index >= 15 is 0 Å². The van der Waals surface area contributed by atoms with Gasteiger partial charge < -0.3 is 11.1 Å². The van der Waals surface area contributed by atoms with Gasteiger partial charge in [-0.3, -0.25) is 9.48 Å². The third kappa shape index (κ3) is 2.76. The number of carbonyl (C=O) groups excluding carboxylic acids is 1. The standard InChI is InChI=1S/C9H16N4O/c1-3-11-9(14)4-5-13-6-8(10)7(2)12-13/h6H,3-5,10H2,1-2H3,(H,11,14). The number of hydrogen-bond donors (Lipinski definition) is 2. The van der Waals surface area contributed by atoms with Gasteiger partial charge in [0.15, 0.2) is 0 Å². The molecule has 5 heteroatoms. The average molecular weight is 196 g/mol. The van der Waals surface area contributed by atoms with E-state index in [-0.39, 0.29) is 5.91 Å². The summed E-state index contributed by atoms with van der Waals surface area (Å²) in [6.45, 7) is 4.98. The molecule has 0 saturated heterocycles. The van der Waals surface area contributed by atoms with Gasteiger partial charge in [-0.1, -0.05) is 0 Å². The first-order valence-electron chi connectivity index (χ1n) is 4.69. The fourth-order valence-electron chi connectivity index (χ4n) is 1.15. The zero-order valence-corrected chi connectivity index (χ0v) is 8.58. The fraction of sp³-hybridized carbons (Fsp3) is 0.556. The molecular formula is C9H16N4O. The van der Waals surface area contributed by atoms with Crippen LogP contribution in [0.3, 0.4) is 0 Å². The van der Waals surface area contributed by atoms with E-state index < -0.39 is 0 Å². The number of rotatable bonds is 4. The lowest BCUT2D eigenvalue weighted by molar-refractivity contribution is -0.121. The summed E-state index contributed by atoms with van der Waals surface area (Å²) in [6.07, 6.45) is 2.18. The first-order valence-corrected chi connectivity index (χ1v) is 4.69. The molecule has 0 fully saturated rings. The summed E-state index contributed by atoms with van der Waals surface area (Å²) in [5.41, 5.74) is 7.10. The van der Waals surface area contributed by atoms with Crippen LogP contribution in [0.15, 0.2) is 6.20 Å². The van der Waals surface area contributed by atoms with E-state index in [0.29, 0.717) is 25.2 Å². The highest BCUT2D eigenvalue weighted by Crippen LogP contribution is 2.06. The minimum atomic E-state index is 0.0409. The SMILES string of the molecule is CCNC(=O)CCn1cc(N)c(C)n1. The highest BCUT2D eigenvalue weighted by atomic mass is 16.1. The van der Waals surface area contributed by atoms with E-state index in [4.69, 9.17) is 5.73 Å². The Morgan fingerprint density at radius 1 is 1.71 bits per heavy atom. The Morgan fingerprint density at radius 2 is 2.43 bits per heavy atom.